The van der Waals surface area contributed by atoms with Gasteiger partial charge < -0.3 is 9.84 Å². The Morgan fingerprint density at radius 1 is 1.67 bits per heavy atom. The first-order valence-corrected chi connectivity index (χ1v) is 5.09. The fraction of sp³-hybridized carbons (Fsp3) is 0.600. The molecule has 1 aromatic heterocycles. The summed E-state index contributed by atoms with van der Waals surface area (Å²) in [6.07, 6.45) is 2.99. The van der Waals surface area contributed by atoms with Gasteiger partial charge in [0, 0.05) is 12.3 Å². The van der Waals surface area contributed by atoms with Crippen molar-refractivity contribution in [1.29, 1.82) is 0 Å². The summed E-state index contributed by atoms with van der Waals surface area (Å²) in [7, 11) is 0. The standard InChI is InChI=1S/C10H14N2O3/c1-7-6-8(10(13)14)11-12(7)9-4-2-3-5-15-9/h6,9H,2-5H2,1H3,(H,13,14). The monoisotopic (exact) mass is 210 g/mol. The summed E-state index contributed by atoms with van der Waals surface area (Å²) in [5, 5.41) is 12.8. The molecule has 1 atom stereocenters. The van der Waals surface area contributed by atoms with E-state index in [1.165, 1.54) is 0 Å². The highest BCUT2D eigenvalue weighted by Gasteiger charge is 2.20. The van der Waals surface area contributed by atoms with E-state index in [1.54, 1.807) is 10.7 Å². The highest BCUT2D eigenvalue weighted by molar-refractivity contribution is 5.85. The normalized spacial score (nSPS) is 21.5. The Kier molecular flexibility index (Phi) is 2.73. The SMILES string of the molecule is Cc1cc(C(=O)O)nn1C1CCCCO1. The molecule has 0 spiro atoms. The van der Waals surface area contributed by atoms with Crippen LogP contribution < -0.4 is 0 Å². The van der Waals surface area contributed by atoms with E-state index in [1.807, 2.05) is 6.92 Å². The summed E-state index contributed by atoms with van der Waals surface area (Å²) in [6, 6.07) is 1.57. The van der Waals surface area contributed by atoms with Gasteiger partial charge in [-0.2, -0.15) is 5.10 Å². The maximum absolute atomic E-state index is 10.7. The van der Waals surface area contributed by atoms with Crippen LogP contribution in [0.5, 0.6) is 0 Å². The Balaban J connectivity index is 2.22. The van der Waals surface area contributed by atoms with Crippen LogP contribution in [-0.4, -0.2) is 27.5 Å². The lowest BCUT2D eigenvalue weighted by molar-refractivity contribution is -0.0408. The van der Waals surface area contributed by atoms with Crippen molar-refractivity contribution in [2.75, 3.05) is 6.61 Å². The number of aromatic nitrogens is 2. The van der Waals surface area contributed by atoms with Crippen LogP contribution in [0.15, 0.2) is 6.07 Å². The van der Waals surface area contributed by atoms with Crippen molar-refractivity contribution >= 4 is 5.97 Å². The first-order valence-electron chi connectivity index (χ1n) is 5.09. The van der Waals surface area contributed by atoms with Crippen molar-refractivity contribution in [3.8, 4) is 0 Å². The summed E-state index contributed by atoms with van der Waals surface area (Å²) in [4.78, 5) is 10.7. The van der Waals surface area contributed by atoms with E-state index in [9.17, 15) is 4.79 Å². The highest BCUT2D eigenvalue weighted by atomic mass is 16.5. The van der Waals surface area contributed by atoms with Gasteiger partial charge >= 0.3 is 5.97 Å². The van der Waals surface area contributed by atoms with Crippen LogP contribution in [0.25, 0.3) is 0 Å². The maximum Gasteiger partial charge on any atom is 0.356 e. The highest BCUT2D eigenvalue weighted by Crippen LogP contribution is 2.23. The van der Waals surface area contributed by atoms with E-state index in [4.69, 9.17) is 9.84 Å². The average Bonchev–Trinajstić information content (AvgIpc) is 2.62. The summed E-state index contributed by atoms with van der Waals surface area (Å²) in [6.45, 7) is 2.57. The molecule has 5 heteroatoms. The number of carboxylic acids is 1. The second-order valence-corrected chi connectivity index (χ2v) is 3.74. The van der Waals surface area contributed by atoms with Crippen LogP contribution in [0.1, 0.15) is 41.7 Å². The predicted octanol–water partition coefficient (Wildman–Crippen LogP) is 1.59. The summed E-state index contributed by atoms with van der Waals surface area (Å²) in [5.41, 5.74) is 0.918. The molecule has 1 N–H and O–H groups in total. The number of rotatable bonds is 2. The zero-order chi connectivity index (χ0) is 10.8. The minimum absolute atomic E-state index is 0.0849. The van der Waals surface area contributed by atoms with Gasteiger partial charge in [0.05, 0.1) is 0 Å². The molecule has 0 amide bonds. The van der Waals surface area contributed by atoms with E-state index in [2.05, 4.69) is 5.10 Å². The largest absolute Gasteiger partial charge is 0.476 e. The first-order chi connectivity index (χ1) is 7.18. The Bertz CT molecular complexity index is 367. The van der Waals surface area contributed by atoms with Gasteiger partial charge in [-0.15, -0.1) is 0 Å². The van der Waals surface area contributed by atoms with Gasteiger partial charge in [-0.3, -0.25) is 0 Å². The second kappa shape index (κ2) is 4.02. The number of hydrogen-bond acceptors (Lipinski definition) is 3. The molecule has 82 valence electrons. The maximum atomic E-state index is 10.7. The van der Waals surface area contributed by atoms with Gasteiger partial charge in [0.2, 0.25) is 0 Å². The number of carbonyl (C=O) groups is 1. The molecule has 1 aromatic rings. The molecular weight excluding hydrogens is 196 g/mol. The predicted molar refractivity (Wildman–Crippen MR) is 52.8 cm³/mol. The van der Waals surface area contributed by atoms with Crippen molar-refractivity contribution in [3.05, 3.63) is 17.5 Å². The van der Waals surface area contributed by atoms with Crippen LogP contribution in [0.2, 0.25) is 0 Å². The summed E-state index contributed by atoms with van der Waals surface area (Å²) < 4.78 is 7.21. The van der Waals surface area contributed by atoms with Crippen molar-refractivity contribution < 1.29 is 14.6 Å². The van der Waals surface area contributed by atoms with Crippen LogP contribution in [0, 0.1) is 6.92 Å². The van der Waals surface area contributed by atoms with Crippen LogP contribution in [0.3, 0.4) is 0 Å². The van der Waals surface area contributed by atoms with E-state index in [0.29, 0.717) is 0 Å². The Labute approximate surface area is 87.7 Å². The van der Waals surface area contributed by atoms with Crippen molar-refractivity contribution in [3.63, 3.8) is 0 Å². The summed E-state index contributed by atoms with van der Waals surface area (Å²) in [5.74, 6) is -0.993. The zero-order valence-electron chi connectivity index (χ0n) is 8.64. The number of hydrogen-bond donors (Lipinski definition) is 1. The third-order valence-electron chi connectivity index (χ3n) is 2.57. The molecule has 1 aliphatic heterocycles. The summed E-state index contributed by atoms with van der Waals surface area (Å²) >= 11 is 0. The average molecular weight is 210 g/mol. The molecule has 1 aliphatic rings. The number of ether oxygens (including phenoxy) is 1. The zero-order valence-corrected chi connectivity index (χ0v) is 8.64. The van der Waals surface area contributed by atoms with Gasteiger partial charge in [0.25, 0.3) is 0 Å². The van der Waals surface area contributed by atoms with Gasteiger partial charge in [-0.1, -0.05) is 0 Å². The first kappa shape index (κ1) is 10.2. The van der Waals surface area contributed by atoms with E-state index >= 15 is 0 Å². The molecule has 0 aliphatic carbocycles. The molecule has 1 unspecified atom stereocenters. The number of nitrogens with zero attached hydrogens (tertiary/aromatic N) is 2. The minimum Gasteiger partial charge on any atom is -0.476 e. The molecule has 15 heavy (non-hydrogen) atoms. The van der Waals surface area contributed by atoms with Gasteiger partial charge in [-0.25, -0.2) is 9.48 Å². The van der Waals surface area contributed by atoms with Crippen LogP contribution in [-0.2, 0) is 4.74 Å². The lowest BCUT2D eigenvalue weighted by Gasteiger charge is -2.23. The second-order valence-electron chi connectivity index (χ2n) is 3.74. The molecule has 0 bridgehead atoms. The van der Waals surface area contributed by atoms with E-state index in [0.717, 1.165) is 31.6 Å². The van der Waals surface area contributed by atoms with Gasteiger partial charge in [-0.05, 0) is 32.3 Å². The Hall–Kier alpha value is -1.36. The number of aromatic carboxylic acids is 1. The molecule has 1 fully saturated rings. The third kappa shape index (κ3) is 2.02. The van der Waals surface area contributed by atoms with Gasteiger partial charge in [0.1, 0.15) is 6.23 Å². The fourth-order valence-corrected chi connectivity index (χ4v) is 1.80. The lowest BCUT2D eigenvalue weighted by Crippen LogP contribution is -2.20. The van der Waals surface area contributed by atoms with Gasteiger partial charge in [0.15, 0.2) is 5.69 Å². The molecule has 2 rings (SSSR count). The number of carboxylic acid groups (broad SMARTS) is 1. The van der Waals surface area contributed by atoms with Crippen molar-refractivity contribution in [2.45, 2.75) is 32.4 Å². The molecule has 0 aromatic carbocycles. The molecule has 5 nitrogen and oxygen atoms in total. The topological polar surface area (TPSA) is 64.3 Å². The number of aryl methyl sites for hydroxylation is 1. The van der Waals surface area contributed by atoms with Crippen LogP contribution >= 0.6 is 0 Å². The van der Waals surface area contributed by atoms with Crippen molar-refractivity contribution in [2.24, 2.45) is 0 Å². The van der Waals surface area contributed by atoms with E-state index in [-0.39, 0.29) is 11.9 Å². The molecular formula is C10H14N2O3. The lowest BCUT2D eigenvalue weighted by atomic mass is 10.2. The smallest absolute Gasteiger partial charge is 0.356 e. The molecule has 1 saturated heterocycles. The third-order valence-corrected chi connectivity index (χ3v) is 2.57. The Morgan fingerprint density at radius 3 is 3.00 bits per heavy atom. The van der Waals surface area contributed by atoms with Crippen molar-refractivity contribution in [1.82, 2.24) is 9.78 Å². The minimum atomic E-state index is -0.993. The van der Waals surface area contributed by atoms with E-state index < -0.39 is 5.97 Å². The Morgan fingerprint density at radius 2 is 2.47 bits per heavy atom. The molecule has 0 saturated carbocycles. The quantitative estimate of drug-likeness (QED) is 0.805. The molecule has 2 heterocycles. The van der Waals surface area contributed by atoms with Crippen LogP contribution in [0.4, 0.5) is 0 Å². The fourth-order valence-electron chi connectivity index (χ4n) is 1.80. The molecule has 0 radical (unpaired) electrons.